The molecule has 0 aromatic rings. The highest BCUT2D eigenvalue weighted by molar-refractivity contribution is 6.01. The Bertz CT molecular complexity index is 1050. The van der Waals surface area contributed by atoms with Gasteiger partial charge in [0.25, 0.3) is 0 Å². The van der Waals surface area contributed by atoms with Crippen molar-refractivity contribution < 1.29 is 19.5 Å². The lowest BCUT2D eigenvalue weighted by Gasteiger charge is -2.60. The van der Waals surface area contributed by atoms with Gasteiger partial charge in [0.15, 0.2) is 5.78 Å². The van der Waals surface area contributed by atoms with E-state index in [0.717, 1.165) is 36.0 Å². The van der Waals surface area contributed by atoms with E-state index in [0.29, 0.717) is 24.5 Å². The van der Waals surface area contributed by atoms with Crippen LogP contribution in [0.3, 0.4) is 0 Å². The Morgan fingerprint density at radius 3 is 2.24 bits per heavy atom. The molecule has 0 amide bonds. The van der Waals surface area contributed by atoms with E-state index in [1.165, 1.54) is 0 Å². The highest BCUT2D eigenvalue weighted by Gasteiger charge is 2.64. The van der Waals surface area contributed by atoms with Gasteiger partial charge < -0.3 is 5.11 Å². The smallest absolute Gasteiger partial charge is 0.331 e. The van der Waals surface area contributed by atoms with Crippen molar-refractivity contribution >= 4 is 17.5 Å². The number of carboxylic acid groups (broad SMARTS) is 1. The number of rotatable bonds is 5. The van der Waals surface area contributed by atoms with Crippen LogP contribution >= 0.6 is 0 Å². The maximum absolute atomic E-state index is 13.3. The minimum Gasteiger partial charge on any atom is -0.478 e. The van der Waals surface area contributed by atoms with Crippen molar-refractivity contribution in [3.05, 3.63) is 58.7 Å². The van der Waals surface area contributed by atoms with Crippen LogP contribution in [0.25, 0.3) is 0 Å². The Hall–Kier alpha value is -2.49. The topological polar surface area (TPSA) is 71.4 Å². The Morgan fingerprint density at radius 2 is 1.59 bits per heavy atom. The molecule has 4 atom stereocenters. The molecule has 4 nitrogen and oxygen atoms in total. The van der Waals surface area contributed by atoms with Crippen LogP contribution in [0.15, 0.2) is 58.7 Å². The zero-order valence-electron chi connectivity index (χ0n) is 21.8. The second-order valence-electron chi connectivity index (χ2n) is 11.7. The summed E-state index contributed by atoms with van der Waals surface area (Å²) in [6.07, 6.45) is 15.2. The van der Waals surface area contributed by atoms with Crippen LogP contribution in [0.5, 0.6) is 0 Å². The second-order valence-corrected chi connectivity index (χ2v) is 11.7. The van der Waals surface area contributed by atoms with E-state index >= 15 is 0 Å². The molecular formula is C30H40O4. The predicted octanol–water partition coefficient (Wildman–Crippen LogP) is 6.79. The quantitative estimate of drug-likeness (QED) is 0.359. The van der Waals surface area contributed by atoms with Crippen LogP contribution in [0, 0.1) is 28.1 Å². The van der Waals surface area contributed by atoms with Gasteiger partial charge in [-0.2, -0.15) is 0 Å². The van der Waals surface area contributed by atoms with E-state index < -0.39 is 5.97 Å². The van der Waals surface area contributed by atoms with Gasteiger partial charge in [0.05, 0.1) is 0 Å². The fourth-order valence-electron chi connectivity index (χ4n) is 7.28. The number of carbonyl (C=O) groups is 3. The first-order valence-corrected chi connectivity index (χ1v) is 12.5. The van der Waals surface area contributed by atoms with Crippen LogP contribution in [-0.2, 0) is 14.4 Å². The van der Waals surface area contributed by atoms with Gasteiger partial charge in [-0.1, -0.05) is 69.7 Å². The third-order valence-corrected chi connectivity index (χ3v) is 9.18. The zero-order chi connectivity index (χ0) is 25.5. The molecule has 0 bridgehead atoms. The van der Waals surface area contributed by atoms with Crippen molar-refractivity contribution in [2.45, 2.75) is 80.6 Å². The predicted molar refractivity (Wildman–Crippen MR) is 136 cm³/mol. The first kappa shape index (κ1) is 26.1. The number of ketones is 2. The molecule has 3 rings (SSSR count). The van der Waals surface area contributed by atoms with Gasteiger partial charge in [-0.15, -0.1) is 0 Å². The number of hydrogen-bond donors (Lipinski definition) is 1. The molecule has 0 heterocycles. The normalized spacial score (nSPS) is 35.6. The SMILES string of the molecule is CC(/C=C\C=C(/C)C(=O)O)=C/C=C/C(C)=C1/C(=O)C[C@H]2[C@@]3(C)CCC(=O)C(C)(C)[C@@H]3CC[C@]12C. The molecule has 0 aliphatic heterocycles. The van der Waals surface area contributed by atoms with Crippen LogP contribution in [0.1, 0.15) is 80.6 Å². The maximum atomic E-state index is 13.3. The first-order chi connectivity index (χ1) is 15.7. The molecule has 184 valence electrons. The number of hydrogen-bond acceptors (Lipinski definition) is 3. The second kappa shape index (κ2) is 9.28. The van der Waals surface area contributed by atoms with E-state index in [-0.39, 0.29) is 33.5 Å². The molecule has 3 aliphatic carbocycles. The number of carboxylic acids is 1. The average Bonchev–Trinajstić information content (AvgIpc) is 3.02. The molecule has 3 aliphatic rings. The number of carbonyl (C=O) groups excluding carboxylic acids is 2. The zero-order valence-corrected chi connectivity index (χ0v) is 21.8. The summed E-state index contributed by atoms with van der Waals surface area (Å²) in [5.41, 5.74) is 2.83. The van der Waals surface area contributed by atoms with E-state index in [9.17, 15) is 14.4 Å². The van der Waals surface area contributed by atoms with Crippen molar-refractivity contribution in [2.75, 3.05) is 0 Å². The summed E-state index contributed by atoms with van der Waals surface area (Å²) in [5, 5.41) is 8.92. The maximum Gasteiger partial charge on any atom is 0.331 e. The van der Waals surface area contributed by atoms with Gasteiger partial charge in [0.1, 0.15) is 5.78 Å². The molecule has 4 heteroatoms. The highest BCUT2D eigenvalue weighted by atomic mass is 16.4. The molecule has 0 aromatic heterocycles. The average molecular weight is 465 g/mol. The van der Waals surface area contributed by atoms with Crippen molar-refractivity contribution in [1.82, 2.24) is 0 Å². The molecule has 1 N–H and O–H groups in total. The van der Waals surface area contributed by atoms with Gasteiger partial charge in [-0.05, 0) is 62.9 Å². The molecule has 34 heavy (non-hydrogen) atoms. The minimum absolute atomic E-state index is 0.00863. The van der Waals surface area contributed by atoms with Crippen LogP contribution in [-0.4, -0.2) is 22.6 Å². The van der Waals surface area contributed by atoms with Gasteiger partial charge >= 0.3 is 5.97 Å². The molecule has 0 saturated heterocycles. The highest BCUT2D eigenvalue weighted by Crippen LogP contribution is 2.68. The minimum atomic E-state index is -0.923. The Labute approximate surface area is 204 Å². The number of aliphatic carboxylic acids is 1. The third kappa shape index (κ3) is 4.44. The van der Waals surface area contributed by atoms with Crippen molar-refractivity contribution in [3.63, 3.8) is 0 Å². The summed E-state index contributed by atoms with van der Waals surface area (Å²) >= 11 is 0. The van der Waals surface area contributed by atoms with Gasteiger partial charge in [0.2, 0.25) is 0 Å². The van der Waals surface area contributed by atoms with E-state index in [1.807, 2.05) is 38.2 Å². The van der Waals surface area contributed by atoms with Gasteiger partial charge in [-0.3, -0.25) is 9.59 Å². The Morgan fingerprint density at radius 1 is 0.941 bits per heavy atom. The lowest BCUT2D eigenvalue weighted by molar-refractivity contribution is -0.154. The summed E-state index contributed by atoms with van der Waals surface area (Å²) in [6, 6.07) is 0. The summed E-state index contributed by atoms with van der Waals surface area (Å²) in [4.78, 5) is 36.9. The summed E-state index contributed by atoms with van der Waals surface area (Å²) in [7, 11) is 0. The lowest BCUT2D eigenvalue weighted by atomic mass is 9.43. The summed E-state index contributed by atoms with van der Waals surface area (Å²) in [5.74, 6) is 0.330. The van der Waals surface area contributed by atoms with E-state index in [4.69, 9.17) is 5.11 Å². The molecule has 0 unspecified atom stereocenters. The summed E-state index contributed by atoms with van der Waals surface area (Å²) < 4.78 is 0. The number of fused-ring (bicyclic) bond motifs is 3. The number of Topliss-reactive ketones (excluding diaryl/α,β-unsaturated/α-hetero) is 2. The van der Waals surface area contributed by atoms with Crippen LogP contribution in [0.4, 0.5) is 0 Å². The monoisotopic (exact) mass is 464 g/mol. The largest absolute Gasteiger partial charge is 0.478 e. The number of allylic oxidation sites excluding steroid dienone is 9. The molecular weight excluding hydrogens is 424 g/mol. The van der Waals surface area contributed by atoms with E-state index in [1.54, 1.807) is 19.1 Å². The fraction of sp³-hybridized carbons (Fsp3) is 0.567. The van der Waals surface area contributed by atoms with Gasteiger partial charge in [0, 0.05) is 34.8 Å². The Kier molecular flexibility index (Phi) is 7.13. The molecule has 0 radical (unpaired) electrons. The van der Waals surface area contributed by atoms with E-state index in [2.05, 4.69) is 27.7 Å². The Balaban J connectivity index is 1.86. The van der Waals surface area contributed by atoms with Crippen LogP contribution in [0.2, 0.25) is 0 Å². The first-order valence-electron chi connectivity index (χ1n) is 12.5. The molecule has 3 saturated carbocycles. The fourth-order valence-corrected chi connectivity index (χ4v) is 7.28. The standard InChI is InChI=1S/C30H40O4/c1-19(11-9-13-21(3)27(33)34)10-8-12-20(2)26-22(31)18-24-29(6)17-15-25(32)28(4,5)23(29)14-16-30(24,26)7/h8-13,23-24H,14-18H2,1-7H3,(H,33,34)/b11-9-,12-8+,19-10-,21-13+,26-20-/t23-,24-,29-,30-/m0/s1. The molecule has 0 spiro atoms. The van der Waals surface area contributed by atoms with Gasteiger partial charge in [-0.25, -0.2) is 4.79 Å². The lowest BCUT2D eigenvalue weighted by Crippen LogP contribution is -2.56. The molecule has 0 aromatic carbocycles. The third-order valence-electron chi connectivity index (χ3n) is 9.18. The summed E-state index contributed by atoms with van der Waals surface area (Å²) in [6.45, 7) is 14.4. The van der Waals surface area contributed by atoms with Crippen LogP contribution < -0.4 is 0 Å². The van der Waals surface area contributed by atoms with Crippen molar-refractivity contribution in [2.24, 2.45) is 28.1 Å². The molecule has 3 fully saturated rings. The van der Waals surface area contributed by atoms with Crippen molar-refractivity contribution in [3.8, 4) is 0 Å². The van der Waals surface area contributed by atoms with Crippen molar-refractivity contribution in [1.29, 1.82) is 0 Å².